The Labute approximate surface area is 85.7 Å². The Morgan fingerprint density at radius 1 is 1.50 bits per heavy atom. The summed E-state index contributed by atoms with van der Waals surface area (Å²) in [6, 6.07) is 2.45. The zero-order valence-electron chi connectivity index (χ0n) is 9.20. The van der Waals surface area contributed by atoms with Crippen LogP contribution in [0.1, 0.15) is 19.4 Å². The average molecular weight is 196 g/mol. The molecule has 0 aliphatic heterocycles. The number of rotatable bonds is 5. The highest BCUT2D eigenvalue weighted by Crippen LogP contribution is 2.04. The summed E-state index contributed by atoms with van der Waals surface area (Å²) in [5.41, 5.74) is 1.28. The summed E-state index contributed by atoms with van der Waals surface area (Å²) in [5, 5.41) is 12.4. The number of aliphatic hydroxyl groups excluding tert-OH is 1. The SMILES string of the molecule is CC(CO)C(C)NCc1ccn(C)c1. The average Bonchev–Trinajstić information content (AvgIpc) is 2.59. The molecule has 2 atom stereocenters. The Morgan fingerprint density at radius 3 is 2.71 bits per heavy atom. The second-order valence-corrected chi connectivity index (χ2v) is 4.01. The topological polar surface area (TPSA) is 37.2 Å². The van der Waals surface area contributed by atoms with Crippen molar-refractivity contribution in [3.8, 4) is 0 Å². The van der Waals surface area contributed by atoms with Crippen molar-refractivity contribution in [1.29, 1.82) is 0 Å². The smallest absolute Gasteiger partial charge is 0.0471 e. The van der Waals surface area contributed by atoms with Crippen LogP contribution in [0.4, 0.5) is 0 Å². The Hall–Kier alpha value is -0.800. The third-order valence-electron chi connectivity index (χ3n) is 2.66. The van der Waals surface area contributed by atoms with Crippen LogP contribution in [0.5, 0.6) is 0 Å². The fourth-order valence-corrected chi connectivity index (χ4v) is 1.30. The first-order valence-corrected chi connectivity index (χ1v) is 5.08. The van der Waals surface area contributed by atoms with Gasteiger partial charge in [-0.1, -0.05) is 6.92 Å². The van der Waals surface area contributed by atoms with Crippen molar-refractivity contribution in [3.05, 3.63) is 24.0 Å². The minimum Gasteiger partial charge on any atom is -0.396 e. The van der Waals surface area contributed by atoms with Crippen molar-refractivity contribution in [3.63, 3.8) is 0 Å². The van der Waals surface area contributed by atoms with Gasteiger partial charge < -0.3 is 15.0 Å². The molecule has 0 aliphatic carbocycles. The minimum absolute atomic E-state index is 0.239. The van der Waals surface area contributed by atoms with Gasteiger partial charge in [-0.2, -0.15) is 0 Å². The van der Waals surface area contributed by atoms with Gasteiger partial charge in [0, 0.05) is 38.6 Å². The molecule has 0 bridgehead atoms. The summed E-state index contributed by atoms with van der Waals surface area (Å²) in [5.74, 6) is 0.304. The molecule has 0 aliphatic rings. The van der Waals surface area contributed by atoms with Crippen LogP contribution in [0.15, 0.2) is 18.5 Å². The lowest BCUT2D eigenvalue weighted by Gasteiger charge is -2.18. The quantitative estimate of drug-likeness (QED) is 0.741. The highest BCUT2D eigenvalue weighted by Gasteiger charge is 2.09. The van der Waals surface area contributed by atoms with Crippen LogP contribution in [-0.2, 0) is 13.6 Å². The second kappa shape index (κ2) is 5.17. The van der Waals surface area contributed by atoms with Crippen LogP contribution >= 0.6 is 0 Å². The van der Waals surface area contributed by atoms with E-state index >= 15 is 0 Å². The standard InChI is InChI=1S/C11H20N2O/c1-9(8-14)10(2)12-6-11-4-5-13(3)7-11/h4-5,7,9-10,12,14H,6,8H2,1-3H3. The van der Waals surface area contributed by atoms with Gasteiger partial charge in [0.15, 0.2) is 0 Å². The van der Waals surface area contributed by atoms with Gasteiger partial charge in [-0.3, -0.25) is 0 Å². The summed E-state index contributed by atoms with van der Waals surface area (Å²) in [7, 11) is 2.02. The monoisotopic (exact) mass is 196 g/mol. The molecule has 0 saturated heterocycles. The normalized spacial score (nSPS) is 15.4. The maximum Gasteiger partial charge on any atom is 0.0471 e. The van der Waals surface area contributed by atoms with Crippen LogP contribution in [-0.4, -0.2) is 22.3 Å². The maximum atomic E-state index is 8.96. The first kappa shape index (κ1) is 11.3. The van der Waals surface area contributed by atoms with Crippen LogP contribution in [0.25, 0.3) is 0 Å². The zero-order valence-corrected chi connectivity index (χ0v) is 9.20. The number of hydrogen-bond acceptors (Lipinski definition) is 2. The number of aryl methyl sites for hydroxylation is 1. The van der Waals surface area contributed by atoms with E-state index in [4.69, 9.17) is 5.11 Å². The van der Waals surface area contributed by atoms with E-state index in [1.165, 1.54) is 5.56 Å². The molecule has 3 nitrogen and oxygen atoms in total. The molecule has 0 amide bonds. The Balaban J connectivity index is 2.33. The maximum absolute atomic E-state index is 8.96. The molecule has 2 N–H and O–H groups in total. The van der Waals surface area contributed by atoms with E-state index < -0.39 is 0 Å². The molecule has 0 radical (unpaired) electrons. The van der Waals surface area contributed by atoms with Gasteiger partial charge in [-0.05, 0) is 24.5 Å². The second-order valence-electron chi connectivity index (χ2n) is 4.01. The van der Waals surface area contributed by atoms with Gasteiger partial charge in [0.25, 0.3) is 0 Å². The lowest BCUT2D eigenvalue weighted by molar-refractivity contribution is 0.207. The molecular formula is C11H20N2O. The first-order chi connectivity index (χ1) is 6.63. The molecule has 80 valence electrons. The molecule has 3 heteroatoms. The van der Waals surface area contributed by atoms with Gasteiger partial charge in [0.2, 0.25) is 0 Å². The lowest BCUT2D eigenvalue weighted by atomic mass is 10.1. The number of nitrogens with zero attached hydrogens (tertiary/aromatic N) is 1. The lowest BCUT2D eigenvalue weighted by Crippen LogP contribution is -2.33. The van der Waals surface area contributed by atoms with Crippen molar-refractivity contribution in [2.45, 2.75) is 26.4 Å². The summed E-state index contributed by atoms with van der Waals surface area (Å²) in [6.07, 6.45) is 4.14. The fourth-order valence-electron chi connectivity index (χ4n) is 1.30. The van der Waals surface area contributed by atoms with Gasteiger partial charge in [-0.25, -0.2) is 0 Å². The summed E-state index contributed by atoms with van der Waals surface area (Å²) in [6.45, 7) is 5.25. The zero-order chi connectivity index (χ0) is 10.6. The number of hydrogen-bond donors (Lipinski definition) is 2. The highest BCUT2D eigenvalue weighted by atomic mass is 16.3. The van der Waals surface area contributed by atoms with Gasteiger partial charge in [0.05, 0.1) is 0 Å². The molecule has 14 heavy (non-hydrogen) atoms. The minimum atomic E-state index is 0.239. The van der Waals surface area contributed by atoms with Gasteiger partial charge in [0.1, 0.15) is 0 Å². The summed E-state index contributed by atoms with van der Waals surface area (Å²) < 4.78 is 2.04. The summed E-state index contributed by atoms with van der Waals surface area (Å²) >= 11 is 0. The largest absolute Gasteiger partial charge is 0.396 e. The van der Waals surface area contributed by atoms with Crippen LogP contribution in [0, 0.1) is 5.92 Å². The van der Waals surface area contributed by atoms with Crippen molar-refractivity contribution in [1.82, 2.24) is 9.88 Å². The van der Waals surface area contributed by atoms with Crippen molar-refractivity contribution < 1.29 is 5.11 Å². The van der Waals surface area contributed by atoms with Crippen LogP contribution in [0.2, 0.25) is 0 Å². The molecule has 0 aromatic carbocycles. The third kappa shape index (κ3) is 3.16. The van der Waals surface area contributed by atoms with E-state index in [0.717, 1.165) is 6.54 Å². The van der Waals surface area contributed by atoms with E-state index in [0.29, 0.717) is 12.0 Å². The molecule has 1 aromatic rings. The predicted octanol–water partition coefficient (Wildman–Crippen LogP) is 1.13. The molecule has 1 rings (SSSR count). The van der Waals surface area contributed by atoms with E-state index in [2.05, 4.69) is 24.5 Å². The van der Waals surface area contributed by atoms with Gasteiger partial charge >= 0.3 is 0 Å². The van der Waals surface area contributed by atoms with E-state index in [1.54, 1.807) is 0 Å². The third-order valence-corrected chi connectivity index (χ3v) is 2.66. The fraction of sp³-hybridized carbons (Fsp3) is 0.636. The van der Waals surface area contributed by atoms with Crippen molar-refractivity contribution in [2.24, 2.45) is 13.0 Å². The molecule has 0 spiro atoms. The molecular weight excluding hydrogens is 176 g/mol. The Morgan fingerprint density at radius 2 is 2.21 bits per heavy atom. The van der Waals surface area contributed by atoms with E-state index in [9.17, 15) is 0 Å². The van der Waals surface area contributed by atoms with Crippen molar-refractivity contribution in [2.75, 3.05) is 6.61 Å². The number of aliphatic hydroxyl groups is 1. The predicted molar refractivity (Wildman–Crippen MR) is 58.0 cm³/mol. The van der Waals surface area contributed by atoms with E-state index in [1.807, 2.05) is 24.7 Å². The Bertz CT molecular complexity index is 270. The van der Waals surface area contributed by atoms with Crippen LogP contribution < -0.4 is 5.32 Å². The summed E-state index contributed by atoms with van der Waals surface area (Å²) in [4.78, 5) is 0. The van der Waals surface area contributed by atoms with Crippen LogP contribution in [0.3, 0.4) is 0 Å². The first-order valence-electron chi connectivity index (χ1n) is 5.08. The van der Waals surface area contributed by atoms with Gasteiger partial charge in [-0.15, -0.1) is 0 Å². The van der Waals surface area contributed by atoms with Crippen molar-refractivity contribution >= 4 is 0 Å². The molecule has 0 saturated carbocycles. The number of aromatic nitrogens is 1. The molecule has 2 unspecified atom stereocenters. The molecule has 1 aromatic heterocycles. The molecule has 1 heterocycles. The highest BCUT2D eigenvalue weighted by molar-refractivity contribution is 5.09. The Kier molecular flexibility index (Phi) is 4.17. The number of nitrogens with one attached hydrogen (secondary N) is 1. The van der Waals surface area contributed by atoms with E-state index in [-0.39, 0.29) is 6.61 Å². The molecule has 0 fully saturated rings.